The molecule has 1 atom stereocenters. The Bertz CT molecular complexity index is 278. The zero-order chi connectivity index (χ0) is 10.4. The minimum Gasteiger partial charge on any atom is -0.316 e. The topological polar surface area (TPSA) is 12.0 Å². The smallest absolute Gasteiger partial charge is 0.0446 e. The maximum absolute atomic E-state index is 6.04. The molecule has 0 fully saturated rings. The fourth-order valence-corrected chi connectivity index (χ4v) is 2.44. The van der Waals surface area contributed by atoms with Gasteiger partial charge in [0.2, 0.25) is 0 Å². The number of thioether (sulfide) groups is 1. The molecule has 1 aromatic rings. The third-order valence-electron chi connectivity index (χ3n) is 2.08. The van der Waals surface area contributed by atoms with Gasteiger partial charge in [0.25, 0.3) is 0 Å². The molecule has 0 bridgehead atoms. The van der Waals surface area contributed by atoms with Crippen LogP contribution in [0.4, 0.5) is 0 Å². The summed E-state index contributed by atoms with van der Waals surface area (Å²) in [7, 11) is 1.99. The SMILES string of the molecule is CNC(C)CSCc1ccccc1Cl. The normalized spacial score (nSPS) is 12.8. The first-order chi connectivity index (χ1) is 6.74. The molecule has 1 aromatic carbocycles. The summed E-state index contributed by atoms with van der Waals surface area (Å²) in [5, 5.41) is 4.08. The molecule has 14 heavy (non-hydrogen) atoms. The highest BCUT2D eigenvalue weighted by Gasteiger charge is 2.01. The quantitative estimate of drug-likeness (QED) is 0.833. The summed E-state index contributed by atoms with van der Waals surface area (Å²) in [6, 6.07) is 8.58. The van der Waals surface area contributed by atoms with Gasteiger partial charge in [-0.25, -0.2) is 0 Å². The summed E-state index contributed by atoms with van der Waals surface area (Å²) in [5.41, 5.74) is 1.22. The van der Waals surface area contributed by atoms with Crippen LogP contribution in [-0.4, -0.2) is 18.8 Å². The summed E-state index contributed by atoms with van der Waals surface area (Å²) in [4.78, 5) is 0. The van der Waals surface area contributed by atoms with Crippen LogP contribution in [0.15, 0.2) is 24.3 Å². The molecular formula is C11H16ClNS. The highest BCUT2D eigenvalue weighted by Crippen LogP contribution is 2.20. The molecule has 0 aliphatic heterocycles. The van der Waals surface area contributed by atoms with Crippen LogP contribution in [0, 0.1) is 0 Å². The maximum atomic E-state index is 6.04. The van der Waals surface area contributed by atoms with Crippen LogP contribution in [-0.2, 0) is 5.75 Å². The summed E-state index contributed by atoms with van der Waals surface area (Å²) >= 11 is 7.95. The van der Waals surface area contributed by atoms with E-state index in [-0.39, 0.29) is 0 Å². The Labute approximate surface area is 95.2 Å². The predicted octanol–water partition coefficient (Wildman–Crippen LogP) is 3.18. The van der Waals surface area contributed by atoms with Crippen molar-refractivity contribution in [2.75, 3.05) is 12.8 Å². The molecule has 0 heterocycles. The molecule has 1 N–H and O–H groups in total. The molecule has 0 spiro atoms. The monoisotopic (exact) mass is 229 g/mol. The Morgan fingerprint density at radius 1 is 1.43 bits per heavy atom. The van der Waals surface area contributed by atoms with E-state index >= 15 is 0 Å². The van der Waals surface area contributed by atoms with Crippen LogP contribution in [0.5, 0.6) is 0 Å². The van der Waals surface area contributed by atoms with Gasteiger partial charge in [0.05, 0.1) is 0 Å². The van der Waals surface area contributed by atoms with Gasteiger partial charge in [0, 0.05) is 22.6 Å². The van der Waals surface area contributed by atoms with Gasteiger partial charge in [-0.1, -0.05) is 29.8 Å². The second-order valence-electron chi connectivity index (χ2n) is 3.30. The van der Waals surface area contributed by atoms with E-state index in [1.807, 2.05) is 37.0 Å². The fourth-order valence-electron chi connectivity index (χ4n) is 1.04. The Morgan fingerprint density at radius 2 is 2.14 bits per heavy atom. The molecule has 3 heteroatoms. The molecule has 1 unspecified atom stereocenters. The van der Waals surface area contributed by atoms with Crippen LogP contribution in [0.2, 0.25) is 5.02 Å². The Kier molecular flexibility index (Phi) is 5.38. The zero-order valence-corrected chi connectivity index (χ0v) is 10.2. The second-order valence-corrected chi connectivity index (χ2v) is 4.73. The molecule has 78 valence electrons. The van der Waals surface area contributed by atoms with E-state index in [1.54, 1.807) is 0 Å². The van der Waals surface area contributed by atoms with Gasteiger partial charge >= 0.3 is 0 Å². The van der Waals surface area contributed by atoms with E-state index in [1.165, 1.54) is 5.56 Å². The zero-order valence-electron chi connectivity index (χ0n) is 8.59. The highest BCUT2D eigenvalue weighted by atomic mass is 35.5. The predicted molar refractivity (Wildman–Crippen MR) is 66.1 cm³/mol. The van der Waals surface area contributed by atoms with Gasteiger partial charge in [-0.05, 0) is 25.6 Å². The highest BCUT2D eigenvalue weighted by molar-refractivity contribution is 7.98. The van der Waals surface area contributed by atoms with E-state index < -0.39 is 0 Å². The van der Waals surface area contributed by atoms with E-state index in [4.69, 9.17) is 11.6 Å². The fraction of sp³-hybridized carbons (Fsp3) is 0.455. The van der Waals surface area contributed by atoms with Crippen molar-refractivity contribution in [2.24, 2.45) is 0 Å². The first kappa shape index (κ1) is 11.9. The van der Waals surface area contributed by atoms with Gasteiger partial charge in [-0.2, -0.15) is 11.8 Å². The van der Waals surface area contributed by atoms with E-state index in [0.717, 1.165) is 16.5 Å². The Balaban J connectivity index is 2.35. The van der Waals surface area contributed by atoms with E-state index in [2.05, 4.69) is 18.3 Å². The summed E-state index contributed by atoms with van der Waals surface area (Å²) < 4.78 is 0. The van der Waals surface area contributed by atoms with Crippen molar-refractivity contribution < 1.29 is 0 Å². The maximum Gasteiger partial charge on any atom is 0.0446 e. The number of hydrogen-bond acceptors (Lipinski definition) is 2. The lowest BCUT2D eigenvalue weighted by molar-refractivity contribution is 0.677. The number of halogens is 1. The molecule has 1 nitrogen and oxygen atoms in total. The lowest BCUT2D eigenvalue weighted by Gasteiger charge is -2.09. The van der Waals surface area contributed by atoms with Crippen LogP contribution in [0.3, 0.4) is 0 Å². The summed E-state index contributed by atoms with van der Waals surface area (Å²) in [6.07, 6.45) is 0. The first-order valence-corrected chi connectivity index (χ1v) is 6.25. The number of rotatable bonds is 5. The number of hydrogen-bond donors (Lipinski definition) is 1. The van der Waals surface area contributed by atoms with Crippen molar-refractivity contribution >= 4 is 23.4 Å². The van der Waals surface area contributed by atoms with E-state index in [0.29, 0.717) is 6.04 Å². The Morgan fingerprint density at radius 3 is 2.79 bits per heavy atom. The van der Waals surface area contributed by atoms with E-state index in [9.17, 15) is 0 Å². The molecule has 0 aromatic heterocycles. The number of nitrogens with one attached hydrogen (secondary N) is 1. The third-order valence-corrected chi connectivity index (χ3v) is 3.70. The average Bonchev–Trinajstić information content (AvgIpc) is 2.20. The van der Waals surface area contributed by atoms with Crippen LogP contribution in [0.25, 0.3) is 0 Å². The summed E-state index contributed by atoms with van der Waals surface area (Å²) in [6.45, 7) is 2.18. The van der Waals surface area contributed by atoms with Crippen molar-refractivity contribution in [3.05, 3.63) is 34.9 Å². The standard InChI is InChI=1S/C11H16ClNS/c1-9(13-2)7-14-8-10-5-3-4-6-11(10)12/h3-6,9,13H,7-8H2,1-2H3. The molecule has 0 radical (unpaired) electrons. The first-order valence-electron chi connectivity index (χ1n) is 4.72. The molecule has 0 amide bonds. The average molecular weight is 230 g/mol. The van der Waals surface area contributed by atoms with Gasteiger partial charge in [-0.3, -0.25) is 0 Å². The van der Waals surface area contributed by atoms with Crippen molar-refractivity contribution in [3.63, 3.8) is 0 Å². The molecule has 1 rings (SSSR count). The Hall–Kier alpha value is -0.180. The van der Waals surface area contributed by atoms with Crippen molar-refractivity contribution in [1.82, 2.24) is 5.32 Å². The van der Waals surface area contributed by atoms with Crippen LogP contribution >= 0.6 is 23.4 Å². The third kappa shape index (κ3) is 3.91. The van der Waals surface area contributed by atoms with Crippen LogP contribution in [0.1, 0.15) is 12.5 Å². The largest absolute Gasteiger partial charge is 0.316 e. The van der Waals surface area contributed by atoms with Gasteiger partial charge in [-0.15, -0.1) is 0 Å². The van der Waals surface area contributed by atoms with Crippen molar-refractivity contribution in [3.8, 4) is 0 Å². The minimum atomic E-state index is 0.558. The lowest BCUT2D eigenvalue weighted by Crippen LogP contribution is -2.23. The number of benzene rings is 1. The van der Waals surface area contributed by atoms with Gasteiger partial charge < -0.3 is 5.32 Å². The molecule has 0 saturated carbocycles. The summed E-state index contributed by atoms with van der Waals surface area (Å²) in [5.74, 6) is 2.10. The van der Waals surface area contributed by atoms with Crippen molar-refractivity contribution in [1.29, 1.82) is 0 Å². The minimum absolute atomic E-state index is 0.558. The lowest BCUT2D eigenvalue weighted by atomic mass is 10.2. The van der Waals surface area contributed by atoms with Gasteiger partial charge in [0.1, 0.15) is 0 Å². The molecular weight excluding hydrogens is 214 g/mol. The molecule has 0 aliphatic carbocycles. The second kappa shape index (κ2) is 6.33. The van der Waals surface area contributed by atoms with Gasteiger partial charge in [0.15, 0.2) is 0 Å². The van der Waals surface area contributed by atoms with Crippen molar-refractivity contribution in [2.45, 2.75) is 18.7 Å². The molecule has 0 saturated heterocycles. The molecule has 0 aliphatic rings. The van der Waals surface area contributed by atoms with Crippen LogP contribution < -0.4 is 5.32 Å².